The standard InChI is InChI=1S/C8H10O5/c9-7(10)5-3-1-2-4(13-3)6(5)8(11)12/h3-6H,1-2H2,(H,9,10)(H,11,12)/t3-,4-,5?,6?/m1/s1. The van der Waals surface area contributed by atoms with Crippen molar-refractivity contribution in [1.29, 1.82) is 0 Å². The van der Waals surface area contributed by atoms with Gasteiger partial charge in [0.1, 0.15) is 0 Å². The molecule has 13 heavy (non-hydrogen) atoms. The summed E-state index contributed by atoms with van der Waals surface area (Å²) < 4.78 is 5.26. The Kier molecular flexibility index (Phi) is 1.76. The van der Waals surface area contributed by atoms with Crippen LogP contribution in [0.3, 0.4) is 0 Å². The number of carbonyl (C=O) groups is 2. The smallest absolute Gasteiger partial charge is 0.310 e. The van der Waals surface area contributed by atoms with E-state index in [2.05, 4.69) is 0 Å². The number of carboxylic acid groups (broad SMARTS) is 2. The lowest BCUT2D eigenvalue weighted by molar-refractivity contribution is -0.154. The van der Waals surface area contributed by atoms with Crippen LogP contribution in [0.25, 0.3) is 0 Å². The lowest BCUT2D eigenvalue weighted by Gasteiger charge is -2.20. The molecule has 2 unspecified atom stereocenters. The summed E-state index contributed by atoms with van der Waals surface area (Å²) in [6, 6.07) is 0. The van der Waals surface area contributed by atoms with Crippen LogP contribution in [0.2, 0.25) is 0 Å². The van der Waals surface area contributed by atoms with Crippen LogP contribution in [0.1, 0.15) is 12.8 Å². The Morgan fingerprint density at radius 3 is 1.69 bits per heavy atom. The molecule has 2 fully saturated rings. The summed E-state index contributed by atoms with van der Waals surface area (Å²) >= 11 is 0. The molecule has 2 saturated heterocycles. The lowest BCUT2D eigenvalue weighted by atomic mass is 9.79. The van der Waals surface area contributed by atoms with E-state index in [0.717, 1.165) is 0 Å². The van der Waals surface area contributed by atoms with E-state index in [4.69, 9.17) is 14.9 Å². The van der Waals surface area contributed by atoms with Crippen LogP contribution in [-0.2, 0) is 14.3 Å². The molecule has 2 heterocycles. The van der Waals surface area contributed by atoms with Crippen LogP contribution in [-0.4, -0.2) is 34.4 Å². The summed E-state index contributed by atoms with van der Waals surface area (Å²) in [4.78, 5) is 21.5. The van der Waals surface area contributed by atoms with E-state index in [9.17, 15) is 9.59 Å². The molecule has 2 aliphatic heterocycles. The van der Waals surface area contributed by atoms with Crippen LogP contribution in [0.5, 0.6) is 0 Å². The Labute approximate surface area is 74.3 Å². The van der Waals surface area contributed by atoms with E-state index in [1.165, 1.54) is 0 Å². The van der Waals surface area contributed by atoms with Gasteiger partial charge in [-0.1, -0.05) is 0 Å². The monoisotopic (exact) mass is 186 g/mol. The lowest BCUT2D eigenvalue weighted by Crippen LogP contribution is -2.38. The van der Waals surface area contributed by atoms with Gasteiger partial charge in [0.2, 0.25) is 0 Å². The molecule has 0 aromatic rings. The zero-order valence-corrected chi connectivity index (χ0v) is 6.84. The molecule has 0 spiro atoms. The van der Waals surface area contributed by atoms with Crippen LogP contribution in [0.4, 0.5) is 0 Å². The average molecular weight is 186 g/mol. The summed E-state index contributed by atoms with van der Waals surface area (Å²) in [6.45, 7) is 0. The van der Waals surface area contributed by atoms with Gasteiger partial charge in [0.15, 0.2) is 0 Å². The van der Waals surface area contributed by atoms with E-state index >= 15 is 0 Å². The molecule has 2 rings (SSSR count). The third kappa shape index (κ3) is 1.11. The number of hydrogen-bond acceptors (Lipinski definition) is 3. The minimum absolute atomic E-state index is 0.386. The van der Waals surface area contributed by atoms with Crippen LogP contribution >= 0.6 is 0 Å². The normalized spacial score (nSPS) is 42.2. The van der Waals surface area contributed by atoms with Crippen molar-refractivity contribution in [1.82, 2.24) is 0 Å². The van der Waals surface area contributed by atoms with E-state index in [0.29, 0.717) is 12.8 Å². The summed E-state index contributed by atoms with van der Waals surface area (Å²) in [5.41, 5.74) is 0. The molecular weight excluding hydrogens is 176 g/mol. The Balaban J connectivity index is 2.24. The van der Waals surface area contributed by atoms with Crippen molar-refractivity contribution in [3.05, 3.63) is 0 Å². The van der Waals surface area contributed by atoms with Gasteiger partial charge in [-0.15, -0.1) is 0 Å². The van der Waals surface area contributed by atoms with Gasteiger partial charge in [-0.2, -0.15) is 0 Å². The largest absolute Gasteiger partial charge is 0.481 e. The van der Waals surface area contributed by atoms with Gasteiger partial charge >= 0.3 is 11.9 Å². The van der Waals surface area contributed by atoms with Gasteiger partial charge in [0, 0.05) is 0 Å². The van der Waals surface area contributed by atoms with Crippen molar-refractivity contribution < 1.29 is 24.5 Å². The van der Waals surface area contributed by atoms with Gasteiger partial charge in [-0.25, -0.2) is 0 Å². The minimum Gasteiger partial charge on any atom is -0.481 e. The first-order chi connectivity index (χ1) is 6.11. The zero-order valence-electron chi connectivity index (χ0n) is 6.84. The molecule has 2 aliphatic rings. The third-order valence-electron chi connectivity index (χ3n) is 2.84. The summed E-state index contributed by atoms with van der Waals surface area (Å²) in [5.74, 6) is -3.81. The zero-order chi connectivity index (χ0) is 9.59. The molecule has 5 heteroatoms. The number of fused-ring (bicyclic) bond motifs is 2. The fourth-order valence-electron chi connectivity index (χ4n) is 2.31. The van der Waals surface area contributed by atoms with E-state index in [1.54, 1.807) is 0 Å². The van der Waals surface area contributed by atoms with E-state index in [-0.39, 0.29) is 12.2 Å². The van der Waals surface area contributed by atoms with Crippen LogP contribution in [0.15, 0.2) is 0 Å². The first-order valence-corrected chi connectivity index (χ1v) is 4.22. The van der Waals surface area contributed by atoms with Gasteiger partial charge < -0.3 is 14.9 Å². The topological polar surface area (TPSA) is 83.8 Å². The SMILES string of the molecule is O=C(O)C1C(C(=O)O)[C@H]2CC[C@H]1O2. The highest BCUT2D eigenvalue weighted by Crippen LogP contribution is 2.43. The van der Waals surface area contributed by atoms with E-state index < -0.39 is 23.8 Å². The second kappa shape index (κ2) is 2.70. The summed E-state index contributed by atoms with van der Waals surface area (Å²) in [7, 11) is 0. The Morgan fingerprint density at radius 2 is 1.38 bits per heavy atom. The molecule has 4 atom stereocenters. The van der Waals surface area contributed by atoms with Gasteiger partial charge in [-0.3, -0.25) is 9.59 Å². The summed E-state index contributed by atoms with van der Waals surface area (Å²) in [5, 5.41) is 17.6. The molecule has 0 aliphatic carbocycles. The molecule has 0 radical (unpaired) electrons. The maximum absolute atomic E-state index is 10.8. The predicted octanol–water partition coefficient (Wildman–Crippen LogP) is -0.0508. The minimum atomic E-state index is -1.06. The third-order valence-corrected chi connectivity index (χ3v) is 2.84. The highest BCUT2D eigenvalue weighted by Gasteiger charge is 2.55. The maximum Gasteiger partial charge on any atom is 0.310 e. The molecule has 0 amide bonds. The van der Waals surface area contributed by atoms with Gasteiger partial charge in [0.05, 0.1) is 24.0 Å². The Morgan fingerprint density at radius 1 is 1.00 bits per heavy atom. The predicted molar refractivity (Wildman–Crippen MR) is 40.1 cm³/mol. The fraction of sp³-hybridized carbons (Fsp3) is 0.750. The van der Waals surface area contributed by atoms with Crippen molar-refractivity contribution >= 4 is 11.9 Å². The first kappa shape index (κ1) is 8.50. The molecule has 0 aromatic heterocycles. The summed E-state index contributed by atoms with van der Waals surface area (Å²) in [6.07, 6.45) is 0.573. The molecule has 2 N–H and O–H groups in total. The number of hydrogen-bond donors (Lipinski definition) is 2. The van der Waals surface area contributed by atoms with Crippen molar-refractivity contribution in [3.63, 3.8) is 0 Å². The molecule has 72 valence electrons. The molecule has 0 saturated carbocycles. The van der Waals surface area contributed by atoms with Gasteiger partial charge in [0.25, 0.3) is 0 Å². The van der Waals surface area contributed by atoms with Crippen molar-refractivity contribution in [2.45, 2.75) is 25.0 Å². The van der Waals surface area contributed by atoms with E-state index in [1.807, 2.05) is 0 Å². The highest BCUT2D eigenvalue weighted by molar-refractivity contribution is 5.82. The number of ether oxygens (including phenoxy) is 1. The van der Waals surface area contributed by atoms with Crippen molar-refractivity contribution in [2.24, 2.45) is 11.8 Å². The Bertz CT molecular complexity index is 235. The van der Waals surface area contributed by atoms with Gasteiger partial charge in [-0.05, 0) is 12.8 Å². The molecule has 0 aromatic carbocycles. The number of carboxylic acids is 2. The molecular formula is C8H10O5. The van der Waals surface area contributed by atoms with Crippen LogP contribution < -0.4 is 0 Å². The molecule has 2 bridgehead atoms. The second-order valence-corrected chi connectivity index (χ2v) is 3.52. The quantitative estimate of drug-likeness (QED) is 0.631. The number of rotatable bonds is 2. The maximum atomic E-state index is 10.8. The Hall–Kier alpha value is -1.10. The first-order valence-electron chi connectivity index (χ1n) is 4.22. The van der Waals surface area contributed by atoms with Crippen LogP contribution in [0, 0.1) is 11.8 Å². The van der Waals surface area contributed by atoms with Crippen molar-refractivity contribution in [3.8, 4) is 0 Å². The second-order valence-electron chi connectivity index (χ2n) is 3.52. The highest BCUT2D eigenvalue weighted by atomic mass is 16.5. The molecule has 5 nitrogen and oxygen atoms in total. The fourth-order valence-corrected chi connectivity index (χ4v) is 2.31. The average Bonchev–Trinajstić information content (AvgIpc) is 2.60. The number of aliphatic carboxylic acids is 2. The van der Waals surface area contributed by atoms with Crippen molar-refractivity contribution in [2.75, 3.05) is 0 Å².